The lowest BCUT2D eigenvalue weighted by Gasteiger charge is -2.14. The molecule has 0 spiro atoms. The molecule has 0 radical (unpaired) electrons. The molecule has 0 aliphatic rings. The Bertz CT molecular complexity index is 645. The standard InChI is InChI=1S/C14H14BrCl2N3/c1-7(2)13-19-12(17)8(3)14(20-13)18-11-5-4-9(16)6-10(11)15/h4-7H,1-3H3,(H,18,19,20). The number of hydrogen-bond acceptors (Lipinski definition) is 3. The van der Waals surface area contributed by atoms with Gasteiger partial charge in [-0.15, -0.1) is 0 Å². The van der Waals surface area contributed by atoms with Crippen LogP contribution in [0.4, 0.5) is 11.5 Å². The predicted octanol–water partition coefficient (Wildman–Crippen LogP) is 5.72. The number of hydrogen-bond donors (Lipinski definition) is 1. The first-order valence-corrected chi connectivity index (χ1v) is 7.69. The topological polar surface area (TPSA) is 37.8 Å². The maximum Gasteiger partial charge on any atom is 0.138 e. The largest absolute Gasteiger partial charge is 0.339 e. The van der Waals surface area contributed by atoms with Crippen LogP contribution in [0.3, 0.4) is 0 Å². The van der Waals surface area contributed by atoms with Gasteiger partial charge in [-0.2, -0.15) is 0 Å². The average Bonchev–Trinajstić information content (AvgIpc) is 2.37. The van der Waals surface area contributed by atoms with E-state index in [-0.39, 0.29) is 5.92 Å². The highest BCUT2D eigenvalue weighted by atomic mass is 79.9. The number of benzene rings is 1. The summed E-state index contributed by atoms with van der Waals surface area (Å²) in [5.41, 5.74) is 1.69. The molecule has 106 valence electrons. The van der Waals surface area contributed by atoms with Gasteiger partial charge < -0.3 is 5.32 Å². The second-order valence-electron chi connectivity index (χ2n) is 4.75. The highest BCUT2D eigenvalue weighted by Gasteiger charge is 2.13. The molecule has 0 fully saturated rings. The van der Waals surface area contributed by atoms with Crippen molar-refractivity contribution < 1.29 is 0 Å². The molecule has 0 amide bonds. The van der Waals surface area contributed by atoms with Crippen LogP contribution >= 0.6 is 39.1 Å². The van der Waals surface area contributed by atoms with Gasteiger partial charge in [0.05, 0.1) is 5.69 Å². The molecule has 1 heterocycles. The van der Waals surface area contributed by atoms with Gasteiger partial charge in [-0.05, 0) is 41.1 Å². The van der Waals surface area contributed by atoms with Crippen LogP contribution < -0.4 is 5.32 Å². The van der Waals surface area contributed by atoms with Crippen LogP contribution in [0.15, 0.2) is 22.7 Å². The van der Waals surface area contributed by atoms with Gasteiger partial charge in [-0.25, -0.2) is 9.97 Å². The zero-order chi connectivity index (χ0) is 14.9. The Morgan fingerprint density at radius 1 is 1.20 bits per heavy atom. The molecule has 0 saturated heterocycles. The van der Waals surface area contributed by atoms with E-state index in [1.54, 1.807) is 0 Å². The molecule has 2 aromatic rings. The van der Waals surface area contributed by atoms with Crippen LogP contribution in [-0.2, 0) is 0 Å². The summed E-state index contributed by atoms with van der Waals surface area (Å²) in [4.78, 5) is 8.82. The van der Waals surface area contributed by atoms with Crippen LogP contribution in [0.5, 0.6) is 0 Å². The van der Waals surface area contributed by atoms with E-state index in [4.69, 9.17) is 23.2 Å². The van der Waals surface area contributed by atoms with E-state index in [9.17, 15) is 0 Å². The molecule has 0 saturated carbocycles. The Labute approximate surface area is 136 Å². The van der Waals surface area contributed by atoms with E-state index in [1.807, 2.05) is 39.0 Å². The Hall–Kier alpha value is -0.840. The second-order valence-corrected chi connectivity index (χ2v) is 6.40. The molecule has 1 aromatic heterocycles. The number of halogens is 3. The summed E-state index contributed by atoms with van der Waals surface area (Å²) in [7, 11) is 0. The first-order chi connectivity index (χ1) is 9.38. The van der Waals surface area contributed by atoms with Gasteiger partial charge in [0.25, 0.3) is 0 Å². The molecule has 3 nitrogen and oxygen atoms in total. The lowest BCUT2D eigenvalue weighted by atomic mass is 10.2. The van der Waals surface area contributed by atoms with Crippen LogP contribution in [0, 0.1) is 6.92 Å². The summed E-state index contributed by atoms with van der Waals surface area (Å²) in [6, 6.07) is 5.53. The third-order valence-corrected chi connectivity index (χ3v) is 4.06. The molecular formula is C14H14BrCl2N3. The average molecular weight is 375 g/mol. The minimum absolute atomic E-state index is 0.210. The Morgan fingerprint density at radius 3 is 2.50 bits per heavy atom. The minimum atomic E-state index is 0.210. The van der Waals surface area contributed by atoms with Crippen molar-refractivity contribution in [2.24, 2.45) is 0 Å². The van der Waals surface area contributed by atoms with Gasteiger partial charge in [0.15, 0.2) is 0 Å². The van der Waals surface area contributed by atoms with Crippen molar-refractivity contribution in [1.82, 2.24) is 9.97 Å². The van der Waals surface area contributed by atoms with Crippen molar-refractivity contribution in [3.05, 3.63) is 44.2 Å². The summed E-state index contributed by atoms with van der Waals surface area (Å²) in [6.07, 6.45) is 0. The molecular weight excluding hydrogens is 361 g/mol. The third-order valence-electron chi connectivity index (χ3n) is 2.80. The van der Waals surface area contributed by atoms with Gasteiger partial charge in [0.1, 0.15) is 16.8 Å². The molecule has 1 N–H and O–H groups in total. The molecule has 0 bridgehead atoms. The van der Waals surface area contributed by atoms with Gasteiger partial charge in [-0.3, -0.25) is 0 Å². The van der Waals surface area contributed by atoms with E-state index in [0.29, 0.717) is 21.8 Å². The van der Waals surface area contributed by atoms with E-state index < -0.39 is 0 Å². The molecule has 0 unspecified atom stereocenters. The molecule has 0 atom stereocenters. The van der Waals surface area contributed by atoms with Gasteiger partial charge >= 0.3 is 0 Å². The van der Waals surface area contributed by atoms with Crippen molar-refractivity contribution in [2.75, 3.05) is 5.32 Å². The molecule has 6 heteroatoms. The van der Waals surface area contributed by atoms with Crippen LogP contribution in [0.25, 0.3) is 0 Å². The third kappa shape index (κ3) is 3.43. The Balaban J connectivity index is 2.42. The quantitative estimate of drug-likeness (QED) is 0.698. The summed E-state index contributed by atoms with van der Waals surface area (Å²) in [6.45, 7) is 5.95. The number of aromatic nitrogens is 2. The summed E-state index contributed by atoms with van der Waals surface area (Å²) < 4.78 is 0.866. The monoisotopic (exact) mass is 373 g/mol. The first kappa shape index (κ1) is 15.5. The summed E-state index contributed by atoms with van der Waals surface area (Å²) in [5, 5.41) is 4.40. The fraction of sp³-hybridized carbons (Fsp3) is 0.286. The highest BCUT2D eigenvalue weighted by Crippen LogP contribution is 2.31. The van der Waals surface area contributed by atoms with Crippen LogP contribution in [0.2, 0.25) is 10.2 Å². The molecule has 0 aliphatic heterocycles. The van der Waals surface area contributed by atoms with Gasteiger partial charge in [-0.1, -0.05) is 37.0 Å². The van der Waals surface area contributed by atoms with Gasteiger partial charge in [0, 0.05) is 21.0 Å². The maximum absolute atomic E-state index is 6.17. The Morgan fingerprint density at radius 2 is 1.90 bits per heavy atom. The fourth-order valence-corrected chi connectivity index (χ4v) is 2.56. The SMILES string of the molecule is Cc1c(Cl)nc(C(C)C)nc1Nc1ccc(Cl)cc1Br. The van der Waals surface area contributed by atoms with Crippen molar-refractivity contribution >= 4 is 50.6 Å². The van der Waals surface area contributed by atoms with Crippen molar-refractivity contribution in [3.63, 3.8) is 0 Å². The van der Waals surface area contributed by atoms with E-state index in [1.165, 1.54) is 0 Å². The van der Waals surface area contributed by atoms with Gasteiger partial charge in [0.2, 0.25) is 0 Å². The van der Waals surface area contributed by atoms with E-state index >= 15 is 0 Å². The number of rotatable bonds is 3. The zero-order valence-electron chi connectivity index (χ0n) is 11.3. The van der Waals surface area contributed by atoms with E-state index in [2.05, 4.69) is 31.2 Å². The Kier molecular flexibility index (Phi) is 4.89. The zero-order valence-corrected chi connectivity index (χ0v) is 14.4. The summed E-state index contributed by atoms with van der Waals surface area (Å²) in [5.74, 6) is 1.63. The molecule has 1 aromatic carbocycles. The van der Waals surface area contributed by atoms with Crippen molar-refractivity contribution in [1.29, 1.82) is 0 Å². The number of anilines is 2. The molecule has 20 heavy (non-hydrogen) atoms. The van der Waals surface area contributed by atoms with Crippen LogP contribution in [0.1, 0.15) is 31.2 Å². The second kappa shape index (κ2) is 6.29. The normalized spacial score (nSPS) is 10.9. The minimum Gasteiger partial charge on any atom is -0.339 e. The maximum atomic E-state index is 6.17. The summed E-state index contributed by atoms with van der Waals surface area (Å²) >= 11 is 15.6. The lowest BCUT2D eigenvalue weighted by Crippen LogP contribution is -2.05. The lowest BCUT2D eigenvalue weighted by molar-refractivity contribution is 0.773. The fourth-order valence-electron chi connectivity index (χ4n) is 1.60. The predicted molar refractivity (Wildman–Crippen MR) is 88.3 cm³/mol. The first-order valence-electron chi connectivity index (χ1n) is 6.14. The van der Waals surface area contributed by atoms with Crippen LogP contribution in [-0.4, -0.2) is 9.97 Å². The number of nitrogens with one attached hydrogen (secondary N) is 1. The molecule has 0 aliphatic carbocycles. The van der Waals surface area contributed by atoms with E-state index in [0.717, 1.165) is 15.7 Å². The van der Waals surface area contributed by atoms with Crippen molar-refractivity contribution in [3.8, 4) is 0 Å². The van der Waals surface area contributed by atoms with Crippen molar-refractivity contribution in [2.45, 2.75) is 26.7 Å². The smallest absolute Gasteiger partial charge is 0.138 e. The number of nitrogens with zero attached hydrogens (tertiary/aromatic N) is 2. The highest BCUT2D eigenvalue weighted by molar-refractivity contribution is 9.10. The molecule has 2 rings (SSSR count).